The van der Waals surface area contributed by atoms with Crippen LogP contribution in [0.25, 0.3) is 77.7 Å². The molecule has 192 valence electrons. The lowest BCUT2D eigenvalue weighted by molar-refractivity contribution is 0.669. The van der Waals surface area contributed by atoms with E-state index < -0.39 is 0 Å². The molecule has 0 N–H and O–H groups in total. The highest BCUT2D eigenvalue weighted by Gasteiger charge is 2.14. The Hall–Kier alpha value is -5.68. The first-order valence-electron chi connectivity index (χ1n) is 13.5. The lowest BCUT2D eigenvalue weighted by Crippen LogP contribution is -1.96. The molecule has 0 fully saturated rings. The number of aromatic nitrogens is 4. The van der Waals surface area contributed by atoms with Crippen LogP contribution in [0, 0.1) is 0 Å². The van der Waals surface area contributed by atoms with Gasteiger partial charge in [0, 0.05) is 27.5 Å². The third-order valence-corrected chi connectivity index (χ3v) is 7.49. The molecule has 8 aromatic rings. The molecule has 0 aliphatic heterocycles. The molecule has 0 atom stereocenters. The maximum absolute atomic E-state index is 6.32. The fourth-order valence-corrected chi connectivity index (χ4v) is 5.39. The molecule has 5 nitrogen and oxygen atoms in total. The van der Waals surface area contributed by atoms with E-state index in [0.717, 1.165) is 61.0 Å². The molecule has 3 aromatic heterocycles. The van der Waals surface area contributed by atoms with Crippen LogP contribution in [0.15, 0.2) is 138 Å². The Labute approximate surface area is 235 Å². The van der Waals surface area contributed by atoms with Crippen molar-refractivity contribution in [3.05, 3.63) is 134 Å². The van der Waals surface area contributed by atoms with Crippen LogP contribution < -0.4 is 0 Å². The largest absolute Gasteiger partial charge is 0.456 e. The van der Waals surface area contributed by atoms with Gasteiger partial charge in [-0.25, -0.2) is 9.97 Å². The lowest BCUT2D eigenvalue weighted by atomic mass is 10.0. The summed E-state index contributed by atoms with van der Waals surface area (Å²) in [7, 11) is 0. The average Bonchev–Trinajstić information content (AvgIpc) is 3.42. The van der Waals surface area contributed by atoms with Crippen LogP contribution in [0.1, 0.15) is 0 Å². The van der Waals surface area contributed by atoms with Gasteiger partial charge in [-0.1, -0.05) is 78.9 Å². The Morgan fingerprint density at radius 3 is 2.02 bits per heavy atom. The van der Waals surface area contributed by atoms with Crippen molar-refractivity contribution in [3.8, 4) is 45.0 Å². The van der Waals surface area contributed by atoms with Crippen molar-refractivity contribution in [3.63, 3.8) is 0 Å². The van der Waals surface area contributed by atoms with E-state index in [1.54, 1.807) is 12.4 Å². The van der Waals surface area contributed by atoms with E-state index in [-0.39, 0.29) is 0 Å². The zero-order valence-corrected chi connectivity index (χ0v) is 21.9. The Morgan fingerprint density at radius 1 is 0.439 bits per heavy atom. The third kappa shape index (κ3) is 4.21. The molecule has 5 aromatic carbocycles. The van der Waals surface area contributed by atoms with Crippen LogP contribution >= 0.6 is 0 Å². The summed E-state index contributed by atoms with van der Waals surface area (Å²) in [6, 6.07) is 41.7. The molecule has 5 heteroatoms. The fourth-order valence-electron chi connectivity index (χ4n) is 5.39. The highest BCUT2D eigenvalue weighted by Crippen LogP contribution is 2.36. The van der Waals surface area contributed by atoms with Gasteiger partial charge in [0.2, 0.25) is 0 Å². The zero-order chi connectivity index (χ0) is 27.2. The maximum atomic E-state index is 6.32. The Kier molecular flexibility index (Phi) is 5.38. The molecule has 0 aliphatic rings. The summed E-state index contributed by atoms with van der Waals surface area (Å²) in [5.41, 5.74) is 8.45. The smallest absolute Gasteiger partial charge is 0.162 e. The second kappa shape index (κ2) is 9.50. The zero-order valence-electron chi connectivity index (χ0n) is 21.9. The molecule has 8 rings (SSSR count). The number of furan rings is 1. The maximum Gasteiger partial charge on any atom is 0.162 e. The van der Waals surface area contributed by atoms with Crippen molar-refractivity contribution >= 4 is 32.7 Å². The summed E-state index contributed by atoms with van der Waals surface area (Å²) >= 11 is 0. The minimum Gasteiger partial charge on any atom is -0.456 e. The summed E-state index contributed by atoms with van der Waals surface area (Å²) in [4.78, 5) is 9.90. The van der Waals surface area contributed by atoms with E-state index in [4.69, 9.17) is 14.4 Å². The molecule has 0 amide bonds. The summed E-state index contributed by atoms with van der Waals surface area (Å²) in [6.07, 6.45) is 3.35. The van der Waals surface area contributed by atoms with Crippen LogP contribution in [0.3, 0.4) is 0 Å². The number of hydrogen-bond acceptors (Lipinski definition) is 5. The van der Waals surface area contributed by atoms with Gasteiger partial charge in [0.1, 0.15) is 11.2 Å². The SMILES string of the molecule is c1ccc(-c2ccc3oc4cc(-c5cc(-c6ccc7ccccc7c6)nc(-c6ccnnc6)n5)ccc4c3c2)cc1. The van der Waals surface area contributed by atoms with Gasteiger partial charge in [-0.15, -0.1) is 0 Å². The van der Waals surface area contributed by atoms with E-state index in [1.807, 2.05) is 18.2 Å². The third-order valence-electron chi connectivity index (χ3n) is 7.49. The summed E-state index contributed by atoms with van der Waals surface area (Å²) < 4.78 is 6.32. The lowest BCUT2D eigenvalue weighted by Gasteiger charge is -2.10. The van der Waals surface area contributed by atoms with Crippen LogP contribution in [-0.4, -0.2) is 20.2 Å². The molecule has 0 aliphatic carbocycles. The molecular weight excluding hydrogens is 504 g/mol. The highest BCUT2D eigenvalue weighted by molar-refractivity contribution is 6.07. The molecule has 3 heterocycles. The second-order valence-corrected chi connectivity index (χ2v) is 10.0. The number of hydrogen-bond donors (Lipinski definition) is 0. The van der Waals surface area contributed by atoms with Gasteiger partial charge in [-0.2, -0.15) is 10.2 Å². The Bertz CT molecular complexity index is 2210. The van der Waals surface area contributed by atoms with Gasteiger partial charge in [0.05, 0.1) is 23.8 Å². The van der Waals surface area contributed by atoms with Gasteiger partial charge < -0.3 is 4.42 Å². The van der Waals surface area contributed by atoms with E-state index >= 15 is 0 Å². The van der Waals surface area contributed by atoms with Crippen LogP contribution in [-0.2, 0) is 0 Å². The normalized spacial score (nSPS) is 11.4. The van der Waals surface area contributed by atoms with Gasteiger partial charge in [-0.05, 0) is 64.4 Å². The Balaban J connectivity index is 1.28. The monoisotopic (exact) mass is 526 g/mol. The van der Waals surface area contributed by atoms with Gasteiger partial charge in [0.25, 0.3) is 0 Å². The molecule has 41 heavy (non-hydrogen) atoms. The summed E-state index contributed by atoms with van der Waals surface area (Å²) in [5, 5.41) is 12.5. The quantitative estimate of drug-likeness (QED) is 0.229. The molecule has 0 saturated carbocycles. The predicted octanol–water partition coefficient (Wildman–Crippen LogP) is 8.99. The van der Waals surface area contributed by atoms with Crippen molar-refractivity contribution in [2.75, 3.05) is 0 Å². The summed E-state index contributed by atoms with van der Waals surface area (Å²) in [5.74, 6) is 0.595. The van der Waals surface area contributed by atoms with Crippen LogP contribution in [0.2, 0.25) is 0 Å². The molecule has 0 unspecified atom stereocenters. The van der Waals surface area contributed by atoms with E-state index in [0.29, 0.717) is 5.82 Å². The molecule has 0 radical (unpaired) electrons. The second-order valence-electron chi connectivity index (χ2n) is 10.0. The van der Waals surface area contributed by atoms with Gasteiger partial charge >= 0.3 is 0 Å². The van der Waals surface area contributed by atoms with Crippen molar-refractivity contribution in [1.82, 2.24) is 20.2 Å². The van der Waals surface area contributed by atoms with Crippen molar-refractivity contribution < 1.29 is 4.42 Å². The average molecular weight is 527 g/mol. The standard InChI is InChI=1S/C36H22N4O/c1-2-6-23(7-3-1)26-13-15-34-31(19-26)30-14-12-28(20-35(30)41-34)33-21-32(39-36(40-33)29-16-17-37-38-22-29)27-11-10-24-8-4-5-9-25(24)18-27/h1-22H. The predicted molar refractivity (Wildman–Crippen MR) is 164 cm³/mol. The minimum atomic E-state index is 0.595. The van der Waals surface area contributed by atoms with E-state index in [1.165, 1.54) is 10.9 Å². The van der Waals surface area contributed by atoms with Crippen LogP contribution in [0.4, 0.5) is 0 Å². The number of rotatable bonds is 4. The number of nitrogens with zero attached hydrogens (tertiary/aromatic N) is 4. The van der Waals surface area contributed by atoms with E-state index in [9.17, 15) is 0 Å². The highest BCUT2D eigenvalue weighted by atomic mass is 16.3. The van der Waals surface area contributed by atoms with Crippen molar-refractivity contribution in [2.45, 2.75) is 0 Å². The molecule has 0 bridgehead atoms. The Morgan fingerprint density at radius 2 is 1.20 bits per heavy atom. The molecule has 0 saturated heterocycles. The first kappa shape index (κ1) is 23.2. The van der Waals surface area contributed by atoms with Crippen molar-refractivity contribution in [2.24, 2.45) is 0 Å². The van der Waals surface area contributed by atoms with Gasteiger partial charge in [-0.3, -0.25) is 0 Å². The van der Waals surface area contributed by atoms with Crippen molar-refractivity contribution in [1.29, 1.82) is 0 Å². The van der Waals surface area contributed by atoms with Crippen LogP contribution in [0.5, 0.6) is 0 Å². The topological polar surface area (TPSA) is 64.7 Å². The number of fused-ring (bicyclic) bond motifs is 4. The van der Waals surface area contributed by atoms with E-state index in [2.05, 4.69) is 113 Å². The molecule has 0 spiro atoms. The number of benzene rings is 5. The first-order chi connectivity index (χ1) is 20.3. The summed E-state index contributed by atoms with van der Waals surface area (Å²) in [6.45, 7) is 0. The fraction of sp³-hybridized carbons (Fsp3) is 0. The molecular formula is C36H22N4O. The first-order valence-corrected chi connectivity index (χ1v) is 13.5. The minimum absolute atomic E-state index is 0.595. The van der Waals surface area contributed by atoms with Gasteiger partial charge in [0.15, 0.2) is 5.82 Å².